The van der Waals surface area contributed by atoms with E-state index in [1.54, 1.807) is 30.3 Å². The first-order valence-electron chi connectivity index (χ1n) is 9.99. The molecule has 30 heavy (non-hydrogen) atoms. The third-order valence-electron chi connectivity index (χ3n) is 5.35. The van der Waals surface area contributed by atoms with Crippen LogP contribution in [0.2, 0.25) is 0 Å². The summed E-state index contributed by atoms with van der Waals surface area (Å²) in [6, 6.07) is 15.0. The van der Waals surface area contributed by atoms with Crippen molar-refractivity contribution in [2.45, 2.75) is 37.8 Å². The highest BCUT2D eigenvalue weighted by atomic mass is 19.1. The number of amides is 1. The van der Waals surface area contributed by atoms with Gasteiger partial charge in [0.05, 0.1) is 17.4 Å². The molecule has 156 valence electrons. The summed E-state index contributed by atoms with van der Waals surface area (Å²) in [5, 5.41) is 13.2. The largest absolute Gasteiger partial charge is 0.440 e. The van der Waals surface area contributed by atoms with Crippen molar-refractivity contribution in [1.29, 1.82) is 0 Å². The molecule has 0 unspecified atom stereocenters. The lowest BCUT2D eigenvalue weighted by Crippen LogP contribution is -2.29. The van der Waals surface area contributed by atoms with Crippen molar-refractivity contribution in [1.82, 2.24) is 4.57 Å². The maximum absolute atomic E-state index is 13.2. The number of anilines is 1. The molecule has 1 heterocycles. The summed E-state index contributed by atoms with van der Waals surface area (Å²) in [7, 11) is 0. The van der Waals surface area contributed by atoms with E-state index in [0.29, 0.717) is 22.9 Å². The summed E-state index contributed by atoms with van der Waals surface area (Å²) < 4.78 is 20.9. The molecule has 4 rings (SSSR count). The number of ether oxygens (including phenoxy) is 1. The molecular formula is C23H24FN3O3. The summed E-state index contributed by atoms with van der Waals surface area (Å²) in [6.45, 7) is 0. The molecule has 0 radical (unpaired) electrons. The minimum atomic E-state index is -0.504. The van der Waals surface area contributed by atoms with E-state index < -0.39 is 5.91 Å². The second-order valence-electron chi connectivity index (χ2n) is 7.52. The molecule has 3 aromatic rings. The third kappa shape index (κ3) is 4.46. The number of nitrogens with zero attached hydrogens (tertiary/aromatic N) is 1. The molecule has 0 saturated heterocycles. The lowest BCUT2D eigenvalue weighted by atomic mass is 9.92. The molecule has 1 saturated carbocycles. The van der Waals surface area contributed by atoms with E-state index in [0.717, 1.165) is 31.4 Å². The minimum absolute atomic E-state index is 0.168. The number of nitrogens with one attached hydrogen (secondary N) is 1. The number of carbonyl (C=O) groups excluding carboxylic acids is 1. The predicted molar refractivity (Wildman–Crippen MR) is 113 cm³/mol. The van der Waals surface area contributed by atoms with E-state index >= 15 is 0 Å². The van der Waals surface area contributed by atoms with Gasteiger partial charge in [-0.1, -0.05) is 0 Å². The first-order chi connectivity index (χ1) is 14.5. The number of nitrogens with two attached hydrogens (primary N) is 1. The van der Waals surface area contributed by atoms with Crippen LogP contribution in [0.1, 0.15) is 36.0 Å². The number of aromatic nitrogens is 1. The van der Waals surface area contributed by atoms with Gasteiger partial charge in [-0.25, -0.2) is 4.39 Å². The van der Waals surface area contributed by atoms with Gasteiger partial charge in [-0.3, -0.25) is 9.36 Å². The fraction of sp³-hybridized carbons (Fsp3) is 0.261. The number of carbonyl (C=O) groups is 1. The fourth-order valence-electron chi connectivity index (χ4n) is 3.74. The minimum Gasteiger partial charge on any atom is -0.440 e. The van der Waals surface area contributed by atoms with Gasteiger partial charge in [0.25, 0.3) is 5.91 Å². The Morgan fingerprint density at radius 2 is 1.83 bits per heavy atom. The Bertz CT molecular complexity index is 1020. The number of benzene rings is 2. The molecular weight excluding hydrogens is 385 g/mol. The molecule has 1 aliphatic carbocycles. The van der Waals surface area contributed by atoms with Gasteiger partial charge in [0.2, 0.25) is 5.88 Å². The average Bonchev–Trinajstić information content (AvgIpc) is 3.19. The molecule has 1 fully saturated rings. The zero-order valence-corrected chi connectivity index (χ0v) is 16.4. The predicted octanol–water partition coefficient (Wildman–Crippen LogP) is 4.22. The first-order valence-corrected chi connectivity index (χ1v) is 9.99. The molecule has 4 N–H and O–H groups in total. The fourth-order valence-corrected chi connectivity index (χ4v) is 3.74. The Morgan fingerprint density at radius 3 is 2.53 bits per heavy atom. The van der Waals surface area contributed by atoms with E-state index in [-0.39, 0.29) is 18.0 Å². The smallest absolute Gasteiger partial charge is 0.250 e. The van der Waals surface area contributed by atoms with Crippen LogP contribution in [0.25, 0.3) is 5.69 Å². The summed E-state index contributed by atoms with van der Waals surface area (Å²) in [5.74, 6) is 0.241. The highest BCUT2D eigenvalue weighted by Crippen LogP contribution is 2.30. The van der Waals surface area contributed by atoms with Gasteiger partial charge in [0.1, 0.15) is 11.6 Å². The Balaban J connectivity index is 1.61. The zero-order valence-electron chi connectivity index (χ0n) is 16.4. The molecule has 1 aromatic heterocycles. The summed E-state index contributed by atoms with van der Waals surface area (Å²) >= 11 is 0. The van der Waals surface area contributed by atoms with Crippen LogP contribution in [0.5, 0.6) is 11.6 Å². The van der Waals surface area contributed by atoms with Crippen LogP contribution in [0.3, 0.4) is 0 Å². The van der Waals surface area contributed by atoms with Gasteiger partial charge in [-0.15, -0.1) is 0 Å². The average molecular weight is 409 g/mol. The van der Waals surface area contributed by atoms with Gasteiger partial charge >= 0.3 is 0 Å². The van der Waals surface area contributed by atoms with E-state index in [4.69, 9.17) is 10.5 Å². The third-order valence-corrected chi connectivity index (χ3v) is 5.35. The van der Waals surface area contributed by atoms with Crippen LogP contribution in [0, 0.1) is 5.82 Å². The van der Waals surface area contributed by atoms with E-state index in [9.17, 15) is 14.3 Å². The van der Waals surface area contributed by atoms with Crippen molar-refractivity contribution in [3.8, 4) is 17.3 Å². The van der Waals surface area contributed by atoms with Crippen LogP contribution in [0.15, 0.2) is 60.8 Å². The highest BCUT2D eigenvalue weighted by Gasteiger charge is 2.21. The number of aliphatic hydroxyl groups excluding tert-OH is 1. The number of hydrogen-bond acceptors (Lipinski definition) is 4. The number of rotatable bonds is 6. The lowest BCUT2D eigenvalue weighted by Gasteiger charge is -2.28. The second-order valence-corrected chi connectivity index (χ2v) is 7.52. The maximum atomic E-state index is 13.2. The quantitative estimate of drug-likeness (QED) is 0.569. The summed E-state index contributed by atoms with van der Waals surface area (Å²) in [6.07, 6.45) is 4.71. The summed E-state index contributed by atoms with van der Waals surface area (Å²) in [5.41, 5.74) is 7.44. The standard InChI is InChI=1S/C23H24FN3O3/c24-15-3-10-19(11-4-15)30-22-2-1-13-27(22)17-7-12-20(23(25)29)21(14-17)26-16-5-8-18(28)9-6-16/h1-4,7,10-14,16,18,26,28H,5-6,8-9H2,(H2,25,29). The van der Waals surface area contributed by atoms with Crippen molar-refractivity contribution in [3.63, 3.8) is 0 Å². The molecule has 1 aliphatic rings. The monoisotopic (exact) mass is 409 g/mol. The highest BCUT2D eigenvalue weighted by molar-refractivity contribution is 5.99. The van der Waals surface area contributed by atoms with E-state index in [1.165, 1.54) is 12.1 Å². The van der Waals surface area contributed by atoms with E-state index in [1.807, 2.05) is 22.9 Å². The molecule has 0 atom stereocenters. The van der Waals surface area contributed by atoms with Crippen LogP contribution in [-0.2, 0) is 0 Å². The molecule has 6 nitrogen and oxygen atoms in total. The number of primary amides is 1. The van der Waals surface area contributed by atoms with Crippen LogP contribution in [0.4, 0.5) is 10.1 Å². The molecule has 0 spiro atoms. The Morgan fingerprint density at radius 1 is 1.10 bits per heavy atom. The van der Waals surface area contributed by atoms with Gasteiger partial charge in [-0.05, 0) is 74.2 Å². The number of halogens is 1. The van der Waals surface area contributed by atoms with Crippen LogP contribution >= 0.6 is 0 Å². The van der Waals surface area contributed by atoms with Crippen molar-refractivity contribution in [2.75, 3.05) is 5.32 Å². The molecule has 2 aromatic carbocycles. The number of aliphatic hydroxyl groups is 1. The normalized spacial score (nSPS) is 18.7. The van der Waals surface area contributed by atoms with Gasteiger partial charge < -0.3 is 20.9 Å². The van der Waals surface area contributed by atoms with Gasteiger partial charge in [-0.2, -0.15) is 0 Å². The SMILES string of the molecule is NC(=O)c1ccc(-n2cccc2Oc2ccc(F)cc2)cc1NC1CCC(O)CC1. The van der Waals surface area contributed by atoms with Crippen LogP contribution < -0.4 is 15.8 Å². The Kier molecular flexibility index (Phi) is 5.72. The maximum Gasteiger partial charge on any atom is 0.250 e. The zero-order chi connectivity index (χ0) is 21.1. The van der Waals surface area contributed by atoms with E-state index in [2.05, 4.69) is 5.32 Å². The van der Waals surface area contributed by atoms with Crippen molar-refractivity contribution < 1.29 is 19.0 Å². The topological polar surface area (TPSA) is 89.5 Å². The number of hydrogen-bond donors (Lipinski definition) is 3. The van der Waals surface area contributed by atoms with Gasteiger partial charge in [0, 0.05) is 24.0 Å². The van der Waals surface area contributed by atoms with Crippen LogP contribution in [-0.4, -0.2) is 27.7 Å². The van der Waals surface area contributed by atoms with Crippen molar-refractivity contribution in [2.24, 2.45) is 5.73 Å². The van der Waals surface area contributed by atoms with Gasteiger partial charge in [0.15, 0.2) is 0 Å². The molecule has 0 bridgehead atoms. The van der Waals surface area contributed by atoms with Crippen molar-refractivity contribution >= 4 is 11.6 Å². The molecule has 7 heteroatoms. The second kappa shape index (κ2) is 8.59. The summed E-state index contributed by atoms with van der Waals surface area (Å²) in [4.78, 5) is 11.9. The Labute approximate surface area is 174 Å². The first kappa shape index (κ1) is 20.0. The Hall–Kier alpha value is -3.32. The van der Waals surface area contributed by atoms with Crippen molar-refractivity contribution in [3.05, 3.63) is 72.2 Å². The molecule has 0 aliphatic heterocycles. The lowest BCUT2D eigenvalue weighted by molar-refractivity contribution is 0.100. The molecule has 1 amide bonds.